The molecule has 0 amide bonds. The molecule has 0 aliphatic heterocycles. The molecule has 0 radical (unpaired) electrons. The molecule has 6 nitrogen and oxygen atoms in total. The van der Waals surface area contributed by atoms with Gasteiger partial charge in [-0.1, -0.05) is 188 Å². The zero-order valence-electron chi connectivity index (χ0n) is 31.6. The summed E-state index contributed by atoms with van der Waals surface area (Å²) in [6.07, 6.45) is 35.2. The number of esters is 3. The van der Waals surface area contributed by atoms with Crippen LogP contribution in [0.25, 0.3) is 0 Å². The van der Waals surface area contributed by atoms with Crippen LogP contribution < -0.4 is 0 Å². The standard InChI is InChI=1S/C41H78O6/c1-4-7-10-13-16-18-20-21-23-25-28-31-34-40(43)46-37-38(36-45-39(42)33-30-27-24-15-12-9-6-3)47-41(44)35-32-29-26-22-19-17-14-11-8-5-2/h38H,4-37H2,1-3H3/t38-/m1/s1. The van der Waals surface area contributed by atoms with Gasteiger partial charge in [-0.25, -0.2) is 0 Å². The number of carbonyl (C=O) groups is 3. The van der Waals surface area contributed by atoms with Crippen molar-refractivity contribution in [2.24, 2.45) is 0 Å². The molecule has 47 heavy (non-hydrogen) atoms. The lowest BCUT2D eigenvalue weighted by molar-refractivity contribution is -0.167. The number of ether oxygens (including phenoxy) is 3. The van der Waals surface area contributed by atoms with E-state index in [1.54, 1.807) is 0 Å². The Morgan fingerprint density at radius 2 is 0.574 bits per heavy atom. The van der Waals surface area contributed by atoms with Crippen molar-refractivity contribution >= 4 is 17.9 Å². The zero-order chi connectivity index (χ0) is 34.5. The molecular weight excluding hydrogens is 588 g/mol. The third kappa shape index (κ3) is 35.5. The van der Waals surface area contributed by atoms with E-state index < -0.39 is 6.10 Å². The topological polar surface area (TPSA) is 78.9 Å². The van der Waals surface area contributed by atoms with Crippen molar-refractivity contribution < 1.29 is 28.6 Å². The zero-order valence-corrected chi connectivity index (χ0v) is 31.6. The molecule has 0 aliphatic rings. The van der Waals surface area contributed by atoms with Crippen molar-refractivity contribution in [1.29, 1.82) is 0 Å². The van der Waals surface area contributed by atoms with Crippen molar-refractivity contribution in [1.82, 2.24) is 0 Å². The van der Waals surface area contributed by atoms with Crippen LogP contribution in [0.1, 0.15) is 226 Å². The third-order valence-electron chi connectivity index (χ3n) is 9.11. The predicted molar refractivity (Wildman–Crippen MR) is 197 cm³/mol. The minimum Gasteiger partial charge on any atom is -0.462 e. The predicted octanol–water partition coefficient (Wildman–Crippen LogP) is 12.5. The van der Waals surface area contributed by atoms with Gasteiger partial charge in [0.15, 0.2) is 6.10 Å². The molecule has 0 unspecified atom stereocenters. The lowest BCUT2D eigenvalue weighted by Gasteiger charge is -2.18. The Kier molecular flexibility index (Phi) is 36.0. The van der Waals surface area contributed by atoms with Gasteiger partial charge in [-0.05, 0) is 19.3 Å². The molecule has 0 saturated heterocycles. The van der Waals surface area contributed by atoms with Crippen LogP contribution in [-0.2, 0) is 28.6 Å². The van der Waals surface area contributed by atoms with Crippen LogP contribution in [-0.4, -0.2) is 37.2 Å². The Morgan fingerprint density at radius 1 is 0.340 bits per heavy atom. The lowest BCUT2D eigenvalue weighted by atomic mass is 10.0. The molecule has 1 atom stereocenters. The summed E-state index contributed by atoms with van der Waals surface area (Å²) in [6, 6.07) is 0. The number of rotatable bonds is 37. The maximum atomic E-state index is 12.6. The fraction of sp³-hybridized carbons (Fsp3) is 0.927. The number of carbonyl (C=O) groups excluding carboxylic acids is 3. The van der Waals surface area contributed by atoms with Crippen molar-refractivity contribution in [3.63, 3.8) is 0 Å². The SMILES string of the molecule is CCCCCCCCCCCCCCC(=O)OC[C@@H](COC(=O)CCCCCCCCC)OC(=O)CCCCCCCCCCCC. The van der Waals surface area contributed by atoms with Crippen LogP contribution in [0.3, 0.4) is 0 Å². The normalized spacial score (nSPS) is 11.8. The van der Waals surface area contributed by atoms with Gasteiger partial charge in [-0.2, -0.15) is 0 Å². The van der Waals surface area contributed by atoms with Crippen molar-refractivity contribution in [2.45, 2.75) is 232 Å². The van der Waals surface area contributed by atoms with Gasteiger partial charge in [0.05, 0.1) is 0 Å². The molecule has 0 rings (SSSR count). The highest BCUT2D eigenvalue weighted by atomic mass is 16.6. The minimum atomic E-state index is -0.755. The first kappa shape index (κ1) is 45.4. The van der Waals surface area contributed by atoms with E-state index in [1.165, 1.54) is 128 Å². The summed E-state index contributed by atoms with van der Waals surface area (Å²) in [7, 11) is 0. The van der Waals surface area contributed by atoms with Crippen molar-refractivity contribution in [3.05, 3.63) is 0 Å². The molecular formula is C41H78O6. The average Bonchev–Trinajstić information content (AvgIpc) is 3.06. The highest BCUT2D eigenvalue weighted by molar-refractivity contribution is 5.71. The Labute approximate surface area is 291 Å². The van der Waals surface area contributed by atoms with E-state index >= 15 is 0 Å². The second kappa shape index (κ2) is 37.2. The van der Waals surface area contributed by atoms with Gasteiger partial charge in [0.1, 0.15) is 13.2 Å². The van der Waals surface area contributed by atoms with Crippen LogP contribution in [0.15, 0.2) is 0 Å². The van der Waals surface area contributed by atoms with E-state index in [2.05, 4.69) is 20.8 Å². The molecule has 278 valence electrons. The van der Waals surface area contributed by atoms with E-state index in [-0.39, 0.29) is 31.1 Å². The van der Waals surface area contributed by atoms with Gasteiger partial charge >= 0.3 is 17.9 Å². The first-order valence-electron chi connectivity index (χ1n) is 20.5. The average molecular weight is 667 g/mol. The number of unbranched alkanes of at least 4 members (excludes halogenated alkanes) is 26. The fourth-order valence-corrected chi connectivity index (χ4v) is 5.97. The van der Waals surface area contributed by atoms with E-state index in [1.807, 2.05) is 0 Å². The highest BCUT2D eigenvalue weighted by Crippen LogP contribution is 2.15. The second-order valence-electron chi connectivity index (χ2n) is 13.9. The van der Waals surface area contributed by atoms with Crippen LogP contribution in [0, 0.1) is 0 Å². The van der Waals surface area contributed by atoms with E-state index in [9.17, 15) is 14.4 Å². The summed E-state index contributed by atoms with van der Waals surface area (Å²) in [6.45, 7) is 6.58. The fourth-order valence-electron chi connectivity index (χ4n) is 5.97. The summed E-state index contributed by atoms with van der Waals surface area (Å²) in [5.41, 5.74) is 0. The molecule has 0 aromatic rings. The molecule has 0 fully saturated rings. The maximum Gasteiger partial charge on any atom is 0.306 e. The first-order chi connectivity index (χ1) is 23.0. The summed E-state index contributed by atoms with van der Waals surface area (Å²) < 4.78 is 16.6. The van der Waals surface area contributed by atoms with Crippen LogP contribution >= 0.6 is 0 Å². The highest BCUT2D eigenvalue weighted by Gasteiger charge is 2.19. The Bertz CT molecular complexity index is 693. The smallest absolute Gasteiger partial charge is 0.306 e. The van der Waals surface area contributed by atoms with Gasteiger partial charge in [-0.15, -0.1) is 0 Å². The molecule has 6 heteroatoms. The molecule has 0 N–H and O–H groups in total. The van der Waals surface area contributed by atoms with Crippen molar-refractivity contribution in [2.75, 3.05) is 13.2 Å². The Hall–Kier alpha value is -1.59. The van der Waals surface area contributed by atoms with Crippen LogP contribution in [0.2, 0.25) is 0 Å². The molecule has 0 aromatic heterocycles. The second-order valence-corrected chi connectivity index (χ2v) is 13.9. The van der Waals surface area contributed by atoms with Gasteiger partial charge in [-0.3, -0.25) is 14.4 Å². The van der Waals surface area contributed by atoms with Crippen LogP contribution in [0.5, 0.6) is 0 Å². The van der Waals surface area contributed by atoms with Gasteiger partial charge in [0.25, 0.3) is 0 Å². The summed E-state index contributed by atoms with van der Waals surface area (Å²) >= 11 is 0. The third-order valence-corrected chi connectivity index (χ3v) is 9.11. The van der Waals surface area contributed by atoms with Gasteiger partial charge in [0, 0.05) is 19.3 Å². The largest absolute Gasteiger partial charge is 0.462 e. The lowest BCUT2D eigenvalue weighted by Crippen LogP contribution is -2.30. The first-order valence-corrected chi connectivity index (χ1v) is 20.5. The minimum absolute atomic E-state index is 0.0639. The monoisotopic (exact) mass is 667 g/mol. The Balaban J connectivity index is 4.30. The van der Waals surface area contributed by atoms with E-state index in [0.29, 0.717) is 19.3 Å². The quantitative estimate of drug-likeness (QED) is 0.0373. The van der Waals surface area contributed by atoms with Gasteiger partial charge in [0.2, 0.25) is 0 Å². The molecule has 0 bridgehead atoms. The Morgan fingerprint density at radius 3 is 0.851 bits per heavy atom. The van der Waals surface area contributed by atoms with Crippen molar-refractivity contribution in [3.8, 4) is 0 Å². The summed E-state index contributed by atoms with van der Waals surface area (Å²) in [5.74, 6) is -0.867. The van der Waals surface area contributed by atoms with E-state index in [0.717, 1.165) is 57.8 Å². The molecule has 0 heterocycles. The summed E-state index contributed by atoms with van der Waals surface area (Å²) in [4.78, 5) is 37.4. The number of hydrogen-bond acceptors (Lipinski definition) is 6. The van der Waals surface area contributed by atoms with E-state index in [4.69, 9.17) is 14.2 Å². The summed E-state index contributed by atoms with van der Waals surface area (Å²) in [5, 5.41) is 0. The van der Waals surface area contributed by atoms with Crippen LogP contribution in [0.4, 0.5) is 0 Å². The molecule has 0 spiro atoms. The number of hydrogen-bond donors (Lipinski definition) is 0. The van der Waals surface area contributed by atoms with Gasteiger partial charge < -0.3 is 14.2 Å². The molecule has 0 aromatic carbocycles. The molecule has 0 aliphatic carbocycles. The maximum absolute atomic E-state index is 12.6. The molecule has 0 saturated carbocycles.